The summed E-state index contributed by atoms with van der Waals surface area (Å²) in [5.74, 6) is 0.434. The van der Waals surface area contributed by atoms with Gasteiger partial charge in [0.25, 0.3) is 11.1 Å². The predicted octanol–water partition coefficient (Wildman–Crippen LogP) is 1.06. The third-order valence-corrected chi connectivity index (χ3v) is 4.08. The van der Waals surface area contributed by atoms with Crippen LogP contribution in [0.3, 0.4) is 0 Å². The highest BCUT2D eigenvalue weighted by molar-refractivity contribution is 5.81. The van der Waals surface area contributed by atoms with Crippen molar-refractivity contribution in [3.8, 4) is 5.75 Å². The lowest BCUT2D eigenvalue weighted by molar-refractivity contribution is -0.121. The Kier molecular flexibility index (Phi) is 5.17. The number of aromatic amines is 1. The normalized spacial score (nSPS) is 10.7. The van der Waals surface area contributed by atoms with Crippen LogP contribution in [0.25, 0.3) is 10.8 Å². The molecule has 0 aliphatic heterocycles. The molecule has 1 heterocycles. The van der Waals surface area contributed by atoms with Gasteiger partial charge in [0, 0.05) is 6.54 Å². The molecule has 2 aromatic carbocycles. The molecule has 3 rings (SSSR count). The summed E-state index contributed by atoms with van der Waals surface area (Å²) in [5, 5.41) is 5.80. The van der Waals surface area contributed by atoms with Crippen LogP contribution >= 0.6 is 0 Å². The first-order chi connectivity index (χ1) is 12.6. The van der Waals surface area contributed by atoms with Gasteiger partial charge in [-0.05, 0) is 36.2 Å². The molecule has 7 nitrogen and oxygen atoms in total. The largest absolute Gasteiger partial charge is 0.497 e. The highest BCUT2D eigenvalue weighted by Gasteiger charge is 2.09. The number of nitrogens with zero attached hydrogens (tertiary/aromatic N) is 1. The van der Waals surface area contributed by atoms with Gasteiger partial charge in [0.2, 0.25) is 5.91 Å². The van der Waals surface area contributed by atoms with Crippen LogP contribution in [0.5, 0.6) is 5.75 Å². The number of benzene rings is 2. The molecule has 1 aromatic heterocycles. The zero-order chi connectivity index (χ0) is 18.5. The molecule has 0 unspecified atom stereocenters. The average molecular weight is 353 g/mol. The number of carbonyl (C=O) groups excluding carboxylic acids is 1. The molecule has 0 aliphatic rings. The number of nitrogens with one attached hydrogen (secondary N) is 2. The van der Waals surface area contributed by atoms with Gasteiger partial charge in [-0.25, -0.2) is 4.68 Å². The first kappa shape index (κ1) is 17.5. The molecule has 1 amide bonds. The summed E-state index contributed by atoms with van der Waals surface area (Å²) in [6.07, 6.45) is 0.652. The number of methoxy groups -OCH3 is 1. The molecule has 7 heteroatoms. The third kappa shape index (κ3) is 3.83. The van der Waals surface area contributed by atoms with E-state index in [0.29, 0.717) is 23.7 Å². The summed E-state index contributed by atoms with van der Waals surface area (Å²) in [6, 6.07) is 14.1. The number of fused-ring (bicyclic) bond motifs is 1. The van der Waals surface area contributed by atoms with Gasteiger partial charge >= 0.3 is 0 Å². The van der Waals surface area contributed by atoms with E-state index in [1.165, 1.54) is 0 Å². The molecular weight excluding hydrogens is 334 g/mol. The highest BCUT2D eigenvalue weighted by atomic mass is 16.5. The summed E-state index contributed by atoms with van der Waals surface area (Å²) in [6.45, 7) is 0.194. The van der Waals surface area contributed by atoms with Gasteiger partial charge in [0.15, 0.2) is 0 Å². The maximum absolute atomic E-state index is 12.4. The molecule has 0 bridgehead atoms. The van der Waals surface area contributed by atoms with Crippen LogP contribution in [0.15, 0.2) is 58.1 Å². The van der Waals surface area contributed by atoms with Crippen molar-refractivity contribution in [1.29, 1.82) is 0 Å². The van der Waals surface area contributed by atoms with E-state index in [4.69, 9.17) is 4.74 Å². The van der Waals surface area contributed by atoms with Gasteiger partial charge in [-0.1, -0.05) is 24.3 Å². The van der Waals surface area contributed by atoms with Gasteiger partial charge in [-0.2, -0.15) is 0 Å². The minimum Gasteiger partial charge on any atom is -0.497 e. The van der Waals surface area contributed by atoms with Crippen LogP contribution in [0, 0.1) is 0 Å². The number of H-pyrrole nitrogens is 1. The molecule has 3 aromatic rings. The molecule has 134 valence electrons. The zero-order valence-electron chi connectivity index (χ0n) is 14.3. The fourth-order valence-electron chi connectivity index (χ4n) is 2.70. The van der Waals surface area contributed by atoms with Crippen LogP contribution in [-0.4, -0.2) is 29.3 Å². The number of rotatable bonds is 6. The number of amides is 1. The molecule has 2 N–H and O–H groups in total. The minimum absolute atomic E-state index is 0.235. The van der Waals surface area contributed by atoms with Crippen molar-refractivity contribution in [2.75, 3.05) is 13.7 Å². The van der Waals surface area contributed by atoms with Crippen molar-refractivity contribution in [3.05, 3.63) is 74.8 Å². The van der Waals surface area contributed by atoms with Crippen LogP contribution in [0.4, 0.5) is 0 Å². The van der Waals surface area contributed by atoms with Crippen LogP contribution in [0.2, 0.25) is 0 Å². The lowest BCUT2D eigenvalue weighted by Gasteiger charge is -2.08. The lowest BCUT2D eigenvalue weighted by Crippen LogP contribution is -2.37. The number of carbonyl (C=O) groups is 1. The van der Waals surface area contributed by atoms with E-state index in [1.54, 1.807) is 31.4 Å². The van der Waals surface area contributed by atoms with Gasteiger partial charge in [0.1, 0.15) is 12.3 Å². The van der Waals surface area contributed by atoms with Crippen molar-refractivity contribution in [2.24, 2.45) is 0 Å². The monoisotopic (exact) mass is 353 g/mol. The van der Waals surface area contributed by atoms with Gasteiger partial charge in [-0.3, -0.25) is 19.5 Å². The zero-order valence-corrected chi connectivity index (χ0v) is 14.3. The predicted molar refractivity (Wildman–Crippen MR) is 98.5 cm³/mol. The summed E-state index contributed by atoms with van der Waals surface area (Å²) < 4.78 is 6.13. The molecule has 26 heavy (non-hydrogen) atoms. The van der Waals surface area contributed by atoms with Crippen molar-refractivity contribution < 1.29 is 9.53 Å². The van der Waals surface area contributed by atoms with Crippen molar-refractivity contribution in [1.82, 2.24) is 15.1 Å². The second-order valence-electron chi connectivity index (χ2n) is 5.83. The Hall–Kier alpha value is -3.35. The van der Waals surface area contributed by atoms with Gasteiger partial charge in [-0.15, -0.1) is 0 Å². The SMILES string of the molecule is COc1ccc(CCNC(=O)Cn2[nH]c(=O)c3ccccc3c2=O)cc1. The van der Waals surface area contributed by atoms with E-state index in [2.05, 4.69) is 10.4 Å². The van der Waals surface area contributed by atoms with Gasteiger partial charge < -0.3 is 10.1 Å². The highest BCUT2D eigenvalue weighted by Crippen LogP contribution is 2.11. The Bertz CT molecular complexity index is 1040. The Balaban J connectivity index is 1.63. The molecule has 0 fully saturated rings. The van der Waals surface area contributed by atoms with Crippen molar-refractivity contribution in [2.45, 2.75) is 13.0 Å². The molecule has 0 saturated carbocycles. The van der Waals surface area contributed by atoms with Crippen LogP contribution in [-0.2, 0) is 17.8 Å². The second kappa shape index (κ2) is 7.69. The number of ether oxygens (including phenoxy) is 1. The fraction of sp³-hybridized carbons (Fsp3) is 0.211. The summed E-state index contributed by atoms with van der Waals surface area (Å²) in [5.41, 5.74) is 0.263. The van der Waals surface area contributed by atoms with E-state index < -0.39 is 11.1 Å². The standard InChI is InChI=1S/C19H19N3O4/c1-26-14-8-6-13(7-9-14)10-11-20-17(23)12-22-19(25)16-5-3-2-4-15(16)18(24)21-22/h2-9H,10-12H2,1H3,(H,20,23)(H,21,24). The smallest absolute Gasteiger partial charge is 0.273 e. The Labute approximate surface area is 149 Å². The summed E-state index contributed by atoms with van der Waals surface area (Å²) in [4.78, 5) is 36.5. The molecule has 0 aliphatic carbocycles. The topological polar surface area (TPSA) is 93.2 Å². The maximum atomic E-state index is 12.4. The van der Waals surface area contributed by atoms with E-state index in [1.807, 2.05) is 24.3 Å². The first-order valence-electron chi connectivity index (χ1n) is 8.20. The van der Waals surface area contributed by atoms with Crippen molar-refractivity contribution >= 4 is 16.7 Å². The summed E-state index contributed by atoms with van der Waals surface area (Å²) in [7, 11) is 1.61. The van der Waals surface area contributed by atoms with E-state index >= 15 is 0 Å². The Morgan fingerprint density at radius 3 is 2.46 bits per heavy atom. The second-order valence-corrected chi connectivity index (χ2v) is 5.83. The first-order valence-corrected chi connectivity index (χ1v) is 8.20. The van der Waals surface area contributed by atoms with E-state index in [-0.39, 0.29) is 12.5 Å². The number of hydrogen-bond acceptors (Lipinski definition) is 4. The van der Waals surface area contributed by atoms with Crippen LogP contribution < -0.4 is 21.2 Å². The fourth-order valence-corrected chi connectivity index (χ4v) is 2.70. The summed E-state index contributed by atoms with van der Waals surface area (Å²) >= 11 is 0. The minimum atomic E-state index is -0.398. The average Bonchev–Trinajstić information content (AvgIpc) is 2.66. The number of aromatic nitrogens is 2. The Morgan fingerprint density at radius 1 is 1.08 bits per heavy atom. The molecule has 0 atom stereocenters. The maximum Gasteiger partial charge on any atom is 0.273 e. The van der Waals surface area contributed by atoms with E-state index in [9.17, 15) is 14.4 Å². The van der Waals surface area contributed by atoms with Crippen molar-refractivity contribution in [3.63, 3.8) is 0 Å². The quantitative estimate of drug-likeness (QED) is 0.693. The van der Waals surface area contributed by atoms with Gasteiger partial charge in [0.05, 0.1) is 17.9 Å². The van der Waals surface area contributed by atoms with Crippen LogP contribution in [0.1, 0.15) is 5.56 Å². The molecule has 0 saturated heterocycles. The third-order valence-electron chi connectivity index (χ3n) is 4.08. The molecular formula is C19H19N3O4. The Morgan fingerprint density at radius 2 is 1.77 bits per heavy atom. The number of hydrogen-bond donors (Lipinski definition) is 2. The van der Waals surface area contributed by atoms with E-state index in [0.717, 1.165) is 16.0 Å². The molecule has 0 spiro atoms. The molecule has 0 radical (unpaired) electrons. The lowest BCUT2D eigenvalue weighted by atomic mass is 10.1.